The van der Waals surface area contributed by atoms with Crippen molar-refractivity contribution in [1.29, 1.82) is 0 Å². The molecule has 0 saturated heterocycles. The van der Waals surface area contributed by atoms with E-state index in [9.17, 15) is 9.90 Å². The van der Waals surface area contributed by atoms with Gasteiger partial charge in [0.2, 0.25) is 5.91 Å². The first-order chi connectivity index (χ1) is 7.15. The number of rotatable bonds is 3. The van der Waals surface area contributed by atoms with Crippen molar-refractivity contribution >= 4 is 5.91 Å². The molecule has 3 N–H and O–H groups in total. The lowest BCUT2D eigenvalue weighted by Gasteiger charge is -2.07. The van der Waals surface area contributed by atoms with E-state index in [1.165, 1.54) is 0 Å². The van der Waals surface area contributed by atoms with Gasteiger partial charge in [-0.15, -0.1) is 0 Å². The van der Waals surface area contributed by atoms with Crippen molar-refractivity contribution in [2.45, 2.75) is 33.3 Å². The predicted molar refractivity (Wildman–Crippen MR) is 61.6 cm³/mol. The number of hydrogen-bond acceptors (Lipinski definition) is 2. The van der Waals surface area contributed by atoms with Gasteiger partial charge < -0.3 is 10.8 Å². The SMILES string of the molecule is CC.CCC(O)c1ccc(C(N)=O)cc1. The first-order valence-electron chi connectivity index (χ1n) is 5.23. The average Bonchev–Trinajstić information content (AvgIpc) is 2.31. The van der Waals surface area contributed by atoms with Crippen LogP contribution in [0, 0.1) is 0 Å². The Hall–Kier alpha value is -1.35. The molecule has 3 nitrogen and oxygen atoms in total. The molecular weight excluding hydrogens is 190 g/mol. The predicted octanol–water partition coefficient (Wildman–Crippen LogP) is 2.26. The largest absolute Gasteiger partial charge is 0.388 e. The molecule has 1 aromatic rings. The van der Waals surface area contributed by atoms with E-state index in [2.05, 4.69) is 0 Å². The minimum atomic E-state index is -0.457. The highest BCUT2D eigenvalue weighted by Crippen LogP contribution is 2.16. The number of carbonyl (C=O) groups is 1. The zero-order valence-corrected chi connectivity index (χ0v) is 9.53. The van der Waals surface area contributed by atoms with Gasteiger partial charge >= 0.3 is 0 Å². The standard InChI is InChI=1S/C10H13NO2.C2H6/c1-2-9(12)7-3-5-8(6-4-7)10(11)13;1-2/h3-6,9,12H,2H2,1H3,(H2,11,13);1-2H3. The van der Waals surface area contributed by atoms with Crippen molar-refractivity contribution in [1.82, 2.24) is 0 Å². The first kappa shape index (κ1) is 13.7. The van der Waals surface area contributed by atoms with Gasteiger partial charge in [-0.25, -0.2) is 0 Å². The molecule has 1 unspecified atom stereocenters. The van der Waals surface area contributed by atoms with E-state index >= 15 is 0 Å². The fourth-order valence-electron chi connectivity index (χ4n) is 1.11. The Kier molecular flexibility index (Phi) is 6.38. The molecule has 3 heteroatoms. The molecule has 0 aliphatic carbocycles. The molecule has 0 aliphatic rings. The van der Waals surface area contributed by atoms with Gasteiger partial charge in [0, 0.05) is 5.56 Å². The Labute approximate surface area is 90.9 Å². The van der Waals surface area contributed by atoms with Gasteiger partial charge in [0.1, 0.15) is 0 Å². The summed E-state index contributed by atoms with van der Waals surface area (Å²) in [6, 6.07) is 6.68. The average molecular weight is 209 g/mol. The lowest BCUT2D eigenvalue weighted by Crippen LogP contribution is -2.10. The summed E-state index contributed by atoms with van der Waals surface area (Å²) in [5.74, 6) is -0.447. The molecule has 1 aromatic carbocycles. The molecule has 1 amide bonds. The molecule has 0 heterocycles. The summed E-state index contributed by atoms with van der Waals surface area (Å²) in [6.45, 7) is 5.90. The van der Waals surface area contributed by atoms with Crippen LogP contribution >= 0.6 is 0 Å². The summed E-state index contributed by atoms with van der Waals surface area (Å²) < 4.78 is 0. The Bertz CT molecular complexity index is 293. The first-order valence-corrected chi connectivity index (χ1v) is 5.23. The van der Waals surface area contributed by atoms with Gasteiger partial charge in [0.15, 0.2) is 0 Å². The molecule has 1 atom stereocenters. The smallest absolute Gasteiger partial charge is 0.248 e. The summed E-state index contributed by atoms with van der Waals surface area (Å²) in [5, 5.41) is 9.44. The highest BCUT2D eigenvalue weighted by molar-refractivity contribution is 5.92. The second-order valence-electron chi connectivity index (χ2n) is 2.91. The molecular formula is C12H19NO2. The maximum atomic E-state index is 10.7. The van der Waals surface area contributed by atoms with Crippen molar-refractivity contribution in [3.63, 3.8) is 0 Å². The number of carbonyl (C=O) groups excluding carboxylic acids is 1. The Morgan fingerprint density at radius 1 is 1.33 bits per heavy atom. The monoisotopic (exact) mass is 209 g/mol. The maximum Gasteiger partial charge on any atom is 0.248 e. The third-order valence-corrected chi connectivity index (χ3v) is 1.97. The molecule has 1 rings (SSSR count). The summed E-state index contributed by atoms with van der Waals surface area (Å²) in [6.07, 6.45) is 0.206. The summed E-state index contributed by atoms with van der Waals surface area (Å²) >= 11 is 0. The van der Waals surface area contributed by atoms with E-state index in [1.54, 1.807) is 24.3 Å². The Balaban J connectivity index is 0.000000921. The molecule has 15 heavy (non-hydrogen) atoms. The fraction of sp³-hybridized carbons (Fsp3) is 0.417. The third kappa shape index (κ3) is 4.13. The van der Waals surface area contributed by atoms with Crippen LogP contribution in [0.1, 0.15) is 49.2 Å². The number of aliphatic hydroxyl groups is 1. The maximum absolute atomic E-state index is 10.7. The van der Waals surface area contributed by atoms with E-state index in [-0.39, 0.29) is 0 Å². The summed E-state index contributed by atoms with van der Waals surface area (Å²) in [7, 11) is 0. The Morgan fingerprint density at radius 2 is 1.80 bits per heavy atom. The van der Waals surface area contributed by atoms with Gasteiger partial charge in [-0.2, -0.15) is 0 Å². The summed E-state index contributed by atoms with van der Waals surface area (Å²) in [5.41, 5.74) is 6.35. The van der Waals surface area contributed by atoms with Crippen molar-refractivity contribution in [2.75, 3.05) is 0 Å². The number of amides is 1. The van der Waals surface area contributed by atoms with Crippen molar-refractivity contribution in [2.24, 2.45) is 5.73 Å². The quantitative estimate of drug-likeness (QED) is 0.802. The molecule has 0 aromatic heterocycles. The Morgan fingerprint density at radius 3 is 2.13 bits per heavy atom. The number of aliphatic hydroxyl groups excluding tert-OH is 1. The summed E-state index contributed by atoms with van der Waals surface area (Å²) in [4.78, 5) is 10.7. The minimum Gasteiger partial charge on any atom is -0.388 e. The highest BCUT2D eigenvalue weighted by Gasteiger charge is 2.05. The van der Waals surface area contributed by atoms with Gasteiger partial charge in [-0.05, 0) is 24.1 Å². The van der Waals surface area contributed by atoms with Gasteiger partial charge in [0.05, 0.1) is 6.10 Å². The molecule has 0 saturated carbocycles. The number of primary amides is 1. The van der Waals surface area contributed by atoms with Crippen LogP contribution in [0.3, 0.4) is 0 Å². The molecule has 0 fully saturated rings. The van der Waals surface area contributed by atoms with Crippen LogP contribution in [-0.4, -0.2) is 11.0 Å². The van der Waals surface area contributed by atoms with Crippen molar-refractivity contribution < 1.29 is 9.90 Å². The molecule has 0 bridgehead atoms. The fourth-order valence-corrected chi connectivity index (χ4v) is 1.11. The molecule has 84 valence electrons. The van der Waals surface area contributed by atoms with Crippen LogP contribution < -0.4 is 5.73 Å². The zero-order chi connectivity index (χ0) is 11.8. The van der Waals surface area contributed by atoms with E-state index < -0.39 is 12.0 Å². The second-order valence-corrected chi connectivity index (χ2v) is 2.91. The van der Waals surface area contributed by atoms with Crippen molar-refractivity contribution in [3.8, 4) is 0 Å². The lowest BCUT2D eigenvalue weighted by atomic mass is 10.1. The van der Waals surface area contributed by atoms with Crippen LogP contribution in [0.5, 0.6) is 0 Å². The number of nitrogens with two attached hydrogens (primary N) is 1. The number of benzene rings is 1. The van der Waals surface area contributed by atoms with E-state index in [4.69, 9.17) is 5.73 Å². The molecule has 0 aliphatic heterocycles. The van der Waals surface area contributed by atoms with E-state index in [0.717, 1.165) is 5.56 Å². The van der Waals surface area contributed by atoms with Crippen molar-refractivity contribution in [3.05, 3.63) is 35.4 Å². The zero-order valence-electron chi connectivity index (χ0n) is 9.53. The van der Waals surface area contributed by atoms with E-state index in [0.29, 0.717) is 12.0 Å². The van der Waals surface area contributed by atoms with Gasteiger partial charge in [-0.1, -0.05) is 32.9 Å². The second kappa shape index (κ2) is 7.01. The molecule has 0 spiro atoms. The van der Waals surface area contributed by atoms with Crippen LogP contribution in [-0.2, 0) is 0 Å². The van der Waals surface area contributed by atoms with Gasteiger partial charge in [-0.3, -0.25) is 4.79 Å². The van der Waals surface area contributed by atoms with Gasteiger partial charge in [0.25, 0.3) is 0 Å². The highest BCUT2D eigenvalue weighted by atomic mass is 16.3. The van der Waals surface area contributed by atoms with Crippen LogP contribution in [0.4, 0.5) is 0 Å². The van der Waals surface area contributed by atoms with Crippen LogP contribution in [0.15, 0.2) is 24.3 Å². The third-order valence-electron chi connectivity index (χ3n) is 1.97. The number of hydrogen-bond donors (Lipinski definition) is 2. The lowest BCUT2D eigenvalue weighted by molar-refractivity contribution is 0.1000. The van der Waals surface area contributed by atoms with Crippen LogP contribution in [0.25, 0.3) is 0 Å². The minimum absolute atomic E-state index is 0.447. The van der Waals surface area contributed by atoms with E-state index in [1.807, 2.05) is 20.8 Å². The topological polar surface area (TPSA) is 63.3 Å². The molecule has 0 radical (unpaired) electrons. The van der Waals surface area contributed by atoms with Crippen LogP contribution in [0.2, 0.25) is 0 Å². The normalized spacial score (nSPS) is 11.2.